The van der Waals surface area contributed by atoms with Gasteiger partial charge in [0.05, 0.1) is 40.2 Å². The average molecular weight is 550 g/mol. The maximum atomic E-state index is 6.18. The number of nitrogens with zero attached hydrogens (tertiary/aromatic N) is 7. The molecule has 0 bridgehead atoms. The summed E-state index contributed by atoms with van der Waals surface area (Å²) in [5.74, 6) is 1.20. The van der Waals surface area contributed by atoms with Crippen LogP contribution in [0.1, 0.15) is 13.8 Å². The summed E-state index contributed by atoms with van der Waals surface area (Å²) in [5, 5.41) is 15.7. The third kappa shape index (κ3) is 6.30. The first-order valence-corrected chi connectivity index (χ1v) is 14.5. The van der Waals surface area contributed by atoms with Crippen molar-refractivity contribution in [1.29, 1.82) is 0 Å². The molecule has 2 saturated heterocycles. The van der Waals surface area contributed by atoms with Gasteiger partial charge in [-0.15, -0.1) is 16.4 Å². The van der Waals surface area contributed by atoms with Gasteiger partial charge in [-0.25, -0.2) is 9.97 Å². The fourth-order valence-electron chi connectivity index (χ4n) is 4.93. The Hall–Kier alpha value is -3.32. The molecule has 1 aromatic carbocycles. The number of nitrogens with one attached hydrogen (secondary N) is 2. The van der Waals surface area contributed by atoms with Gasteiger partial charge in [-0.2, -0.15) is 0 Å². The van der Waals surface area contributed by atoms with Crippen molar-refractivity contribution in [2.75, 3.05) is 81.1 Å². The molecular formula is C27H35N9O2S. The van der Waals surface area contributed by atoms with Gasteiger partial charge in [0.15, 0.2) is 0 Å². The molecule has 39 heavy (non-hydrogen) atoms. The summed E-state index contributed by atoms with van der Waals surface area (Å²) in [6.45, 7) is 13.9. The normalized spacial score (nSPS) is 17.3. The fourth-order valence-corrected chi connectivity index (χ4v) is 5.64. The zero-order valence-electron chi connectivity index (χ0n) is 22.5. The van der Waals surface area contributed by atoms with E-state index in [0.717, 1.165) is 98.5 Å². The highest BCUT2D eigenvalue weighted by atomic mass is 32.1. The Balaban J connectivity index is 1.11. The zero-order valence-corrected chi connectivity index (χ0v) is 23.3. The summed E-state index contributed by atoms with van der Waals surface area (Å²) in [5.41, 5.74) is 5.50. The molecule has 3 aromatic heterocycles. The van der Waals surface area contributed by atoms with Gasteiger partial charge >= 0.3 is 6.01 Å². The smallest absolute Gasteiger partial charge is 0.318 e. The number of pyridine rings is 1. The molecule has 12 heteroatoms. The number of morpholine rings is 1. The average Bonchev–Trinajstić information content (AvgIpc) is 3.63. The molecule has 2 N–H and O–H groups in total. The van der Waals surface area contributed by atoms with Crippen LogP contribution in [0.15, 0.2) is 40.4 Å². The number of rotatable bonds is 9. The standard InChI is InChI=1S/C27H35N9O2S/c1-19(2)30-23-16-25(31-20-3-4-22-24(15-20)39-18-29-22)28-17-21(23)26-32-33-27(38-26)36-9-7-34(8-10-36)5-6-35-11-13-37-14-12-35/h3-4,15-19H,5-14H2,1-2H3,(H2,28,30,31). The van der Waals surface area contributed by atoms with E-state index in [1.807, 2.05) is 23.7 Å². The molecule has 11 nitrogen and oxygen atoms in total. The molecule has 2 aliphatic heterocycles. The van der Waals surface area contributed by atoms with Crippen molar-refractivity contribution in [3.05, 3.63) is 36.0 Å². The van der Waals surface area contributed by atoms with Crippen molar-refractivity contribution < 1.29 is 9.15 Å². The number of fused-ring (bicyclic) bond motifs is 1. The summed E-state index contributed by atoms with van der Waals surface area (Å²) in [7, 11) is 0. The van der Waals surface area contributed by atoms with Gasteiger partial charge < -0.3 is 24.7 Å². The Labute approximate surface area is 232 Å². The molecule has 0 radical (unpaired) electrons. The molecule has 0 unspecified atom stereocenters. The predicted molar refractivity (Wildman–Crippen MR) is 155 cm³/mol. The van der Waals surface area contributed by atoms with Gasteiger partial charge in [0.25, 0.3) is 5.89 Å². The van der Waals surface area contributed by atoms with E-state index in [2.05, 4.69) is 65.4 Å². The first kappa shape index (κ1) is 25.9. The van der Waals surface area contributed by atoms with Crippen LogP contribution in [0, 0.1) is 0 Å². The molecule has 0 atom stereocenters. The van der Waals surface area contributed by atoms with Gasteiger partial charge in [0.1, 0.15) is 5.82 Å². The Morgan fingerprint density at radius 3 is 2.54 bits per heavy atom. The number of anilines is 4. The second-order valence-electron chi connectivity index (χ2n) is 10.2. The number of benzene rings is 1. The lowest BCUT2D eigenvalue weighted by molar-refractivity contribution is 0.0330. The minimum absolute atomic E-state index is 0.223. The van der Waals surface area contributed by atoms with Gasteiger partial charge in [-0.05, 0) is 32.0 Å². The van der Waals surface area contributed by atoms with Gasteiger partial charge in [0.2, 0.25) is 0 Å². The molecule has 6 rings (SSSR count). The first-order chi connectivity index (χ1) is 19.1. The molecule has 5 heterocycles. The van der Waals surface area contributed by atoms with Crippen molar-refractivity contribution in [3.8, 4) is 11.5 Å². The molecule has 2 fully saturated rings. The van der Waals surface area contributed by atoms with Crippen molar-refractivity contribution in [1.82, 2.24) is 30.0 Å². The van der Waals surface area contributed by atoms with Crippen LogP contribution in [0.4, 0.5) is 23.2 Å². The van der Waals surface area contributed by atoms with E-state index in [-0.39, 0.29) is 6.04 Å². The largest absolute Gasteiger partial charge is 0.403 e. The third-order valence-electron chi connectivity index (χ3n) is 7.08. The van der Waals surface area contributed by atoms with Crippen LogP contribution in [-0.4, -0.2) is 102 Å². The Kier molecular flexibility index (Phi) is 7.86. The van der Waals surface area contributed by atoms with E-state index in [1.54, 1.807) is 17.5 Å². The van der Waals surface area contributed by atoms with Crippen LogP contribution in [0.3, 0.4) is 0 Å². The quantitative estimate of drug-likeness (QED) is 0.319. The summed E-state index contributed by atoms with van der Waals surface area (Å²) >= 11 is 1.62. The van der Waals surface area contributed by atoms with Crippen molar-refractivity contribution in [2.45, 2.75) is 19.9 Å². The van der Waals surface area contributed by atoms with Crippen molar-refractivity contribution in [3.63, 3.8) is 0 Å². The van der Waals surface area contributed by atoms with Crippen LogP contribution >= 0.6 is 11.3 Å². The maximum absolute atomic E-state index is 6.18. The molecule has 0 aliphatic carbocycles. The van der Waals surface area contributed by atoms with Crippen LogP contribution in [0.25, 0.3) is 21.7 Å². The lowest BCUT2D eigenvalue weighted by Gasteiger charge is -2.35. The maximum Gasteiger partial charge on any atom is 0.318 e. The molecular weight excluding hydrogens is 514 g/mol. The number of aromatic nitrogens is 4. The van der Waals surface area contributed by atoms with E-state index in [0.29, 0.717) is 11.9 Å². The Morgan fingerprint density at radius 1 is 0.949 bits per heavy atom. The minimum atomic E-state index is 0.223. The molecule has 0 amide bonds. The van der Waals surface area contributed by atoms with E-state index in [1.165, 1.54) is 0 Å². The van der Waals surface area contributed by atoms with E-state index >= 15 is 0 Å². The van der Waals surface area contributed by atoms with Gasteiger partial charge in [0, 0.05) is 76.4 Å². The highest BCUT2D eigenvalue weighted by Crippen LogP contribution is 2.32. The highest BCUT2D eigenvalue weighted by molar-refractivity contribution is 7.16. The van der Waals surface area contributed by atoms with Crippen LogP contribution in [0.2, 0.25) is 0 Å². The Bertz CT molecular complexity index is 1380. The van der Waals surface area contributed by atoms with Gasteiger partial charge in [-0.3, -0.25) is 9.80 Å². The topological polar surface area (TPSA) is 108 Å². The molecule has 206 valence electrons. The Morgan fingerprint density at radius 2 is 1.74 bits per heavy atom. The number of ether oxygens (including phenoxy) is 1. The van der Waals surface area contributed by atoms with Crippen LogP contribution in [-0.2, 0) is 4.74 Å². The molecule has 0 spiro atoms. The first-order valence-electron chi connectivity index (χ1n) is 13.6. The predicted octanol–water partition coefficient (Wildman–Crippen LogP) is 3.76. The highest BCUT2D eigenvalue weighted by Gasteiger charge is 2.23. The van der Waals surface area contributed by atoms with Crippen molar-refractivity contribution >= 4 is 44.8 Å². The lowest BCUT2D eigenvalue weighted by atomic mass is 10.2. The second-order valence-corrected chi connectivity index (χ2v) is 11.1. The third-order valence-corrected chi connectivity index (χ3v) is 7.87. The van der Waals surface area contributed by atoms with E-state index < -0.39 is 0 Å². The zero-order chi connectivity index (χ0) is 26.6. The molecule has 2 aliphatic rings. The lowest BCUT2D eigenvalue weighted by Crippen LogP contribution is -2.49. The molecule has 0 saturated carbocycles. The van der Waals surface area contributed by atoms with Crippen LogP contribution < -0.4 is 15.5 Å². The second kappa shape index (κ2) is 11.8. The SMILES string of the molecule is CC(C)Nc1cc(Nc2ccc3ncsc3c2)ncc1-c1nnc(N2CCN(CCN3CCOCC3)CC2)o1. The minimum Gasteiger partial charge on any atom is -0.403 e. The summed E-state index contributed by atoms with van der Waals surface area (Å²) < 4.78 is 12.8. The van der Waals surface area contributed by atoms with Crippen molar-refractivity contribution in [2.24, 2.45) is 0 Å². The van der Waals surface area contributed by atoms with Crippen LogP contribution in [0.5, 0.6) is 0 Å². The number of thiazole rings is 1. The van der Waals surface area contributed by atoms with E-state index in [9.17, 15) is 0 Å². The summed E-state index contributed by atoms with van der Waals surface area (Å²) in [6, 6.07) is 8.89. The monoisotopic (exact) mass is 549 g/mol. The molecule has 4 aromatic rings. The number of hydrogen-bond donors (Lipinski definition) is 2. The summed E-state index contributed by atoms with van der Waals surface area (Å²) in [6.07, 6.45) is 1.79. The number of piperazine rings is 1. The fraction of sp³-hybridized carbons (Fsp3) is 0.481. The van der Waals surface area contributed by atoms with Gasteiger partial charge in [-0.1, -0.05) is 5.10 Å². The number of hydrogen-bond acceptors (Lipinski definition) is 12. The summed E-state index contributed by atoms with van der Waals surface area (Å²) in [4.78, 5) is 16.2. The van der Waals surface area contributed by atoms with E-state index in [4.69, 9.17) is 9.15 Å².